The van der Waals surface area contributed by atoms with Crippen molar-refractivity contribution in [1.82, 2.24) is 0 Å². The average molecular weight is 220 g/mol. The van der Waals surface area contributed by atoms with Crippen LogP contribution in [0.3, 0.4) is 0 Å². The Bertz CT molecular complexity index is 408. The largest absolute Gasteiger partial charge is 0.469 e. The Labute approximate surface area is 95.4 Å². The number of hydrogen-bond acceptors (Lipinski definition) is 3. The van der Waals surface area contributed by atoms with Crippen molar-refractivity contribution >= 4 is 11.8 Å². The second kappa shape index (κ2) is 5.45. The third-order valence-electron chi connectivity index (χ3n) is 2.50. The molecule has 1 aromatic rings. The fourth-order valence-corrected chi connectivity index (χ4v) is 1.51. The van der Waals surface area contributed by atoms with Gasteiger partial charge in [0.15, 0.2) is 5.78 Å². The molecule has 1 aromatic carbocycles. The molecule has 0 aliphatic rings. The number of esters is 1. The van der Waals surface area contributed by atoms with Gasteiger partial charge in [0.2, 0.25) is 0 Å². The summed E-state index contributed by atoms with van der Waals surface area (Å²) in [5.41, 5.74) is 2.46. The van der Waals surface area contributed by atoms with Crippen LogP contribution in [0.1, 0.15) is 34.8 Å². The van der Waals surface area contributed by atoms with Gasteiger partial charge in [-0.2, -0.15) is 0 Å². The minimum Gasteiger partial charge on any atom is -0.469 e. The molecule has 16 heavy (non-hydrogen) atoms. The van der Waals surface area contributed by atoms with E-state index in [0.717, 1.165) is 11.1 Å². The molecule has 3 heteroatoms. The summed E-state index contributed by atoms with van der Waals surface area (Å²) >= 11 is 0. The van der Waals surface area contributed by atoms with E-state index in [1.165, 1.54) is 7.11 Å². The standard InChI is InChI=1S/C13H16O3/c1-4-12(14)11-7-10(6-5-9(11)2)8-13(15)16-3/h5-7H,4,8H2,1-3H3. The zero-order valence-electron chi connectivity index (χ0n) is 9.87. The molecule has 0 atom stereocenters. The number of Topliss-reactive ketones (excluding diaryl/α,β-unsaturated/α-hetero) is 1. The van der Waals surface area contributed by atoms with Gasteiger partial charge in [-0.3, -0.25) is 9.59 Å². The van der Waals surface area contributed by atoms with Crippen molar-refractivity contribution in [3.63, 3.8) is 0 Å². The summed E-state index contributed by atoms with van der Waals surface area (Å²) in [7, 11) is 1.36. The van der Waals surface area contributed by atoms with Crippen molar-refractivity contribution in [1.29, 1.82) is 0 Å². The molecule has 0 heterocycles. The summed E-state index contributed by atoms with van der Waals surface area (Å²) < 4.78 is 4.59. The predicted octanol–water partition coefficient (Wildman–Crippen LogP) is 2.30. The van der Waals surface area contributed by atoms with Gasteiger partial charge in [0, 0.05) is 12.0 Å². The first-order valence-electron chi connectivity index (χ1n) is 5.28. The first-order chi connectivity index (χ1) is 7.58. The maximum atomic E-state index is 11.6. The SMILES string of the molecule is CCC(=O)c1cc(CC(=O)OC)ccc1C. The van der Waals surface area contributed by atoms with Gasteiger partial charge < -0.3 is 4.74 Å². The van der Waals surface area contributed by atoms with Crippen LogP contribution in [0.25, 0.3) is 0 Å². The highest BCUT2D eigenvalue weighted by molar-refractivity contribution is 5.97. The zero-order valence-corrected chi connectivity index (χ0v) is 9.87. The third-order valence-corrected chi connectivity index (χ3v) is 2.50. The summed E-state index contributed by atoms with van der Waals surface area (Å²) in [6, 6.07) is 5.48. The van der Waals surface area contributed by atoms with E-state index in [4.69, 9.17) is 0 Å². The van der Waals surface area contributed by atoms with Crippen LogP contribution in [-0.2, 0) is 16.0 Å². The van der Waals surface area contributed by atoms with E-state index in [9.17, 15) is 9.59 Å². The number of rotatable bonds is 4. The van der Waals surface area contributed by atoms with Gasteiger partial charge in [0.1, 0.15) is 0 Å². The summed E-state index contributed by atoms with van der Waals surface area (Å²) in [5.74, 6) is -0.192. The number of aryl methyl sites for hydroxylation is 1. The van der Waals surface area contributed by atoms with Gasteiger partial charge in [0.25, 0.3) is 0 Å². The van der Waals surface area contributed by atoms with E-state index in [2.05, 4.69) is 4.74 Å². The molecule has 3 nitrogen and oxygen atoms in total. The van der Waals surface area contributed by atoms with Crippen molar-refractivity contribution in [3.05, 3.63) is 34.9 Å². The van der Waals surface area contributed by atoms with Gasteiger partial charge in [-0.1, -0.05) is 19.1 Å². The van der Waals surface area contributed by atoms with Crippen LogP contribution in [0.15, 0.2) is 18.2 Å². The van der Waals surface area contributed by atoms with E-state index >= 15 is 0 Å². The molecule has 0 saturated heterocycles. The Balaban J connectivity index is 2.98. The van der Waals surface area contributed by atoms with Crippen molar-refractivity contribution in [2.24, 2.45) is 0 Å². The van der Waals surface area contributed by atoms with Crippen LogP contribution < -0.4 is 0 Å². The molecule has 0 radical (unpaired) electrons. The summed E-state index contributed by atoms with van der Waals surface area (Å²) in [6.45, 7) is 3.72. The third kappa shape index (κ3) is 2.92. The van der Waals surface area contributed by atoms with Crippen LogP contribution in [0.2, 0.25) is 0 Å². The lowest BCUT2D eigenvalue weighted by Gasteiger charge is -2.06. The first-order valence-corrected chi connectivity index (χ1v) is 5.28. The topological polar surface area (TPSA) is 43.4 Å². The second-order valence-electron chi connectivity index (χ2n) is 3.68. The molecule has 0 saturated carbocycles. The smallest absolute Gasteiger partial charge is 0.309 e. The Hall–Kier alpha value is -1.64. The molecule has 0 spiro atoms. The molecular weight excluding hydrogens is 204 g/mol. The van der Waals surface area contributed by atoms with Crippen molar-refractivity contribution in [3.8, 4) is 0 Å². The fraction of sp³-hybridized carbons (Fsp3) is 0.385. The van der Waals surface area contributed by atoms with E-state index < -0.39 is 0 Å². The highest BCUT2D eigenvalue weighted by atomic mass is 16.5. The molecule has 1 rings (SSSR count). The number of hydrogen-bond donors (Lipinski definition) is 0. The number of benzene rings is 1. The molecule has 0 unspecified atom stereocenters. The lowest BCUT2D eigenvalue weighted by atomic mass is 9.99. The Morgan fingerprint density at radius 1 is 1.31 bits per heavy atom. The lowest BCUT2D eigenvalue weighted by Crippen LogP contribution is -2.07. The van der Waals surface area contributed by atoms with E-state index in [1.807, 2.05) is 26.0 Å². The van der Waals surface area contributed by atoms with Crippen LogP contribution in [-0.4, -0.2) is 18.9 Å². The van der Waals surface area contributed by atoms with E-state index in [1.54, 1.807) is 6.07 Å². The van der Waals surface area contributed by atoms with Gasteiger partial charge in [-0.25, -0.2) is 0 Å². The quantitative estimate of drug-likeness (QED) is 0.577. The zero-order chi connectivity index (χ0) is 12.1. The van der Waals surface area contributed by atoms with Gasteiger partial charge in [-0.05, 0) is 24.1 Å². The fourth-order valence-electron chi connectivity index (χ4n) is 1.51. The van der Waals surface area contributed by atoms with Crippen molar-refractivity contribution < 1.29 is 14.3 Å². The Kier molecular flexibility index (Phi) is 4.23. The second-order valence-corrected chi connectivity index (χ2v) is 3.68. The van der Waals surface area contributed by atoms with E-state index in [0.29, 0.717) is 12.0 Å². The molecular formula is C13H16O3. The summed E-state index contributed by atoms with van der Waals surface area (Å²) in [6.07, 6.45) is 0.684. The van der Waals surface area contributed by atoms with Gasteiger partial charge in [0.05, 0.1) is 13.5 Å². The van der Waals surface area contributed by atoms with Crippen LogP contribution in [0, 0.1) is 6.92 Å². The number of carbonyl (C=O) groups is 2. The molecule has 0 aromatic heterocycles. The highest BCUT2D eigenvalue weighted by Crippen LogP contribution is 2.14. The minimum absolute atomic E-state index is 0.101. The van der Waals surface area contributed by atoms with Gasteiger partial charge in [-0.15, -0.1) is 0 Å². The molecule has 86 valence electrons. The van der Waals surface area contributed by atoms with E-state index in [-0.39, 0.29) is 18.2 Å². The maximum Gasteiger partial charge on any atom is 0.309 e. The molecule has 0 N–H and O–H groups in total. The first kappa shape index (κ1) is 12.4. The summed E-state index contributed by atoms with van der Waals surface area (Å²) in [5, 5.41) is 0. The summed E-state index contributed by atoms with van der Waals surface area (Å²) in [4.78, 5) is 22.7. The molecule has 0 bridgehead atoms. The number of ether oxygens (including phenoxy) is 1. The minimum atomic E-state index is -0.293. The Morgan fingerprint density at radius 2 is 2.00 bits per heavy atom. The highest BCUT2D eigenvalue weighted by Gasteiger charge is 2.09. The normalized spacial score (nSPS) is 9.94. The monoisotopic (exact) mass is 220 g/mol. The number of methoxy groups -OCH3 is 1. The van der Waals surface area contributed by atoms with Crippen LogP contribution in [0.5, 0.6) is 0 Å². The predicted molar refractivity (Wildman–Crippen MR) is 61.5 cm³/mol. The maximum absolute atomic E-state index is 11.6. The molecule has 0 aliphatic heterocycles. The number of ketones is 1. The van der Waals surface area contributed by atoms with Crippen molar-refractivity contribution in [2.45, 2.75) is 26.7 Å². The van der Waals surface area contributed by atoms with Crippen LogP contribution in [0.4, 0.5) is 0 Å². The molecule has 0 fully saturated rings. The number of carbonyl (C=O) groups excluding carboxylic acids is 2. The molecule has 0 aliphatic carbocycles. The van der Waals surface area contributed by atoms with Crippen molar-refractivity contribution in [2.75, 3.05) is 7.11 Å². The molecule has 0 amide bonds. The van der Waals surface area contributed by atoms with Crippen LogP contribution >= 0.6 is 0 Å². The lowest BCUT2D eigenvalue weighted by molar-refractivity contribution is -0.139. The van der Waals surface area contributed by atoms with Gasteiger partial charge >= 0.3 is 5.97 Å². The average Bonchev–Trinajstić information content (AvgIpc) is 2.30. The Morgan fingerprint density at radius 3 is 2.56 bits per heavy atom.